The molecule has 2 heteroatoms. The zero-order valence-electron chi connectivity index (χ0n) is 13.9. The summed E-state index contributed by atoms with van der Waals surface area (Å²) < 4.78 is 0. The number of rotatable bonds is 3. The van der Waals surface area contributed by atoms with Crippen molar-refractivity contribution in [3.05, 3.63) is 72.1 Å². The molecule has 120 valence electrons. The van der Waals surface area contributed by atoms with Crippen molar-refractivity contribution in [2.45, 2.75) is 19.3 Å². The maximum Gasteiger partial charge on any atom is 0.0650 e. The maximum absolute atomic E-state index is 4.52. The highest BCUT2D eigenvalue weighted by molar-refractivity contribution is 5.92. The van der Waals surface area contributed by atoms with Crippen LogP contribution in [-0.2, 0) is 0 Å². The van der Waals surface area contributed by atoms with Crippen LogP contribution < -0.4 is 4.90 Å². The van der Waals surface area contributed by atoms with Crippen LogP contribution in [0.4, 0.5) is 5.69 Å². The third kappa shape index (κ3) is 3.18. The summed E-state index contributed by atoms with van der Waals surface area (Å²) in [7, 11) is 0. The minimum absolute atomic E-state index is 1.02. The fourth-order valence-electron chi connectivity index (χ4n) is 3.45. The predicted octanol–water partition coefficient (Wildman–Crippen LogP) is 5.40. The normalized spacial score (nSPS) is 15.2. The molecule has 0 atom stereocenters. The summed E-state index contributed by atoms with van der Waals surface area (Å²) in [5, 5.41) is 2.55. The van der Waals surface area contributed by atoms with Crippen molar-refractivity contribution >= 4 is 28.6 Å². The number of benzene rings is 2. The van der Waals surface area contributed by atoms with Gasteiger partial charge in [-0.15, -0.1) is 0 Å². The Balaban J connectivity index is 1.61. The van der Waals surface area contributed by atoms with E-state index >= 15 is 0 Å². The molecule has 2 heterocycles. The van der Waals surface area contributed by atoms with E-state index in [-0.39, 0.29) is 0 Å². The number of piperidine rings is 1. The predicted molar refractivity (Wildman–Crippen MR) is 103 cm³/mol. The number of aromatic nitrogens is 1. The van der Waals surface area contributed by atoms with Gasteiger partial charge in [-0.3, -0.25) is 4.98 Å². The van der Waals surface area contributed by atoms with Gasteiger partial charge in [0.2, 0.25) is 0 Å². The Morgan fingerprint density at radius 3 is 2.58 bits per heavy atom. The van der Waals surface area contributed by atoms with Crippen LogP contribution >= 0.6 is 0 Å². The molecule has 0 amide bonds. The Kier molecular flexibility index (Phi) is 4.28. The fourth-order valence-corrected chi connectivity index (χ4v) is 3.45. The third-order valence-corrected chi connectivity index (χ3v) is 4.74. The molecule has 0 bridgehead atoms. The first-order valence-electron chi connectivity index (χ1n) is 8.77. The van der Waals surface area contributed by atoms with Crippen LogP contribution in [0, 0.1) is 0 Å². The first-order valence-corrected chi connectivity index (χ1v) is 8.77. The molecule has 1 aliphatic rings. The third-order valence-electron chi connectivity index (χ3n) is 4.74. The number of hydrogen-bond donors (Lipinski definition) is 0. The summed E-state index contributed by atoms with van der Waals surface area (Å²) in [6.07, 6.45) is 10.2. The molecule has 2 aromatic carbocycles. The lowest BCUT2D eigenvalue weighted by atomic mass is 10.0. The van der Waals surface area contributed by atoms with Crippen LogP contribution in [0.3, 0.4) is 0 Å². The Morgan fingerprint density at radius 1 is 0.833 bits per heavy atom. The Hall–Kier alpha value is -2.61. The molecule has 1 aromatic heterocycles. The average molecular weight is 314 g/mol. The number of fused-ring (bicyclic) bond motifs is 1. The average Bonchev–Trinajstić information content (AvgIpc) is 2.67. The van der Waals surface area contributed by atoms with Crippen molar-refractivity contribution in [2.75, 3.05) is 18.0 Å². The lowest BCUT2D eigenvalue weighted by Crippen LogP contribution is -2.29. The molecule has 4 rings (SSSR count). The van der Waals surface area contributed by atoms with Gasteiger partial charge in [-0.25, -0.2) is 0 Å². The minimum Gasteiger partial charge on any atom is -0.371 e. The molecule has 2 nitrogen and oxygen atoms in total. The van der Waals surface area contributed by atoms with Gasteiger partial charge in [0.25, 0.3) is 0 Å². The lowest BCUT2D eigenvalue weighted by molar-refractivity contribution is 0.577. The molecule has 0 radical (unpaired) electrons. The van der Waals surface area contributed by atoms with Crippen molar-refractivity contribution in [3.63, 3.8) is 0 Å². The Bertz CT molecular complexity index is 855. The summed E-state index contributed by atoms with van der Waals surface area (Å²) in [4.78, 5) is 6.99. The molecular formula is C22H22N2. The molecular weight excluding hydrogens is 292 g/mol. The van der Waals surface area contributed by atoms with Crippen LogP contribution in [0.2, 0.25) is 0 Å². The molecule has 3 aromatic rings. The highest BCUT2D eigenvalue weighted by atomic mass is 15.1. The smallest absolute Gasteiger partial charge is 0.0650 e. The number of nitrogens with zero attached hydrogens (tertiary/aromatic N) is 2. The molecule has 1 saturated heterocycles. The van der Waals surface area contributed by atoms with Gasteiger partial charge < -0.3 is 4.90 Å². The van der Waals surface area contributed by atoms with E-state index in [4.69, 9.17) is 0 Å². The number of anilines is 1. The van der Waals surface area contributed by atoms with E-state index in [0.29, 0.717) is 0 Å². The van der Waals surface area contributed by atoms with Crippen LogP contribution in [-0.4, -0.2) is 18.1 Å². The second-order valence-corrected chi connectivity index (χ2v) is 6.39. The number of hydrogen-bond acceptors (Lipinski definition) is 2. The van der Waals surface area contributed by atoms with Crippen molar-refractivity contribution in [3.8, 4) is 0 Å². The van der Waals surface area contributed by atoms with Crippen LogP contribution in [0.1, 0.15) is 30.5 Å². The van der Waals surface area contributed by atoms with E-state index in [1.807, 2.05) is 6.20 Å². The lowest BCUT2D eigenvalue weighted by Gasteiger charge is -2.28. The van der Waals surface area contributed by atoms with Gasteiger partial charge in [0, 0.05) is 25.0 Å². The summed E-state index contributed by atoms with van der Waals surface area (Å²) in [5.74, 6) is 0. The van der Waals surface area contributed by atoms with Gasteiger partial charge >= 0.3 is 0 Å². The van der Waals surface area contributed by atoms with Gasteiger partial charge in [-0.05, 0) is 53.8 Å². The van der Waals surface area contributed by atoms with E-state index in [0.717, 1.165) is 18.8 Å². The van der Waals surface area contributed by atoms with E-state index in [1.165, 1.54) is 41.3 Å². The van der Waals surface area contributed by atoms with E-state index < -0.39 is 0 Å². The van der Waals surface area contributed by atoms with E-state index in [9.17, 15) is 0 Å². The van der Waals surface area contributed by atoms with Crippen molar-refractivity contribution in [1.29, 1.82) is 0 Å². The Labute approximate surface area is 143 Å². The van der Waals surface area contributed by atoms with Crippen LogP contribution in [0.15, 0.2) is 60.8 Å². The summed E-state index contributed by atoms with van der Waals surface area (Å²) in [6.45, 7) is 2.33. The first-order chi connectivity index (χ1) is 11.9. The molecule has 0 saturated carbocycles. The molecule has 0 aliphatic carbocycles. The molecule has 1 aliphatic heterocycles. The maximum atomic E-state index is 4.52. The van der Waals surface area contributed by atoms with Gasteiger partial charge in [-0.2, -0.15) is 0 Å². The highest BCUT2D eigenvalue weighted by Crippen LogP contribution is 2.23. The van der Waals surface area contributed by atoms with E-state index in [2.05, 4.69) is 76.6 Å². The van der Waals surface area contributed by atoms with E-state index in [1.54, 1.807) is 0 Å². The topological polar surface area (TPSA) is 16.1 Å². The van der Waals surface area contributed by atoms with Crippen molar-refractivity contribution in [2.24, 2.45) is 0 Å². The molecule has 0 spiro atoms. The largest absolute Gasteiger partial charge is 0.371 e. The van der Waals surface area contributed by atoms with Gasteiger partial charge in [0.1, 0.15) is 0 Å². The fraction of sp³-hybridized carbons (Fsp3) is 0.227. The summed E-state index contributed by atoms with van der Waals surface area (Å²) in [6, 6.07) is 19.3. The zero-order valence-corrected chi connectivity index (χ0v) is 13.9. The molecule has 0 N–H and O–H groups in total. The SMILES string of the molecule is C(=Cc1cccc2ccccc12)c1cc(N2CCCCC2)ccn1. The molecule has 0 unspecified atom stereocenters. The second kappa shape index (κ2) is 6.88. The van der Waals surface area contributed by atoms with Gasteiger partial charge in [0.15, 0.2) is 0 Å². The Morgan fingerprint density at radius 2 is 1.67 bits per heavy atom. The minimum atomic E-state index is 1.02. The van der Waals surface area contributed by atoms with Gasteiger partial charge in [0.05, 0.1) is 5.69 Å². The van der Waals surface area contributed by atoms with Crippen molar-refractivity contribution < 1.29 is 0 Å². The number of pyridine rings is 1. The molecule has 1 fully saturated rings. The first kappa shape index (κ1) is 14.9. The quantitative estimate of drug-likeness (QED) is 0.644. The highest BCUT2D eigenvalue weighted by Gasteiger charge is 2.10. The van der Waals surface area contributed by atoms with Crippen LogP contribution in [0.25, 0.3) is 22.9 Å². The standard InChI is InChI=1S/C22H22N2/c1-4-15-24(16-5-1)21-13-14-23-20(17-21)12-11-19-9-6-8-18-7-2-3-10-22(18)19/h2-3,6-14,17H,1,4-5,15-16H2. The second-order valence-electron chi connectivity index (χ2n) is 6.39. The van der Waals surface area contributed by atoms with Gasteiger partial charge in [-0.1, -0.05) is 48.5 Å². The monoisotopic (exact) mass is 314 g/mol. The zero-order chi connectivity index (χ0) is 16.2. The van der Waals surface area contributed by atoms with Crippen molar-refractivity contribution in [1.82, 2.24) is 4.98 Å². The van der Waals surface area contributed by atoms with Crippen LogP contribution in [0.5, 0.6) is 0 Å². The summed E-state index contributed by atoms with van der Waals surface area (Å²) >= 11 is 0. The summed E-state index contributed by atoms with van der Waals surface area (Å²) in [5.41, 5.74) is 3.55. The molecule has 24 heavy (non-hydrogen) atoms.